The first kappa shape index (κ1) is 21.7. The van der Waals surface area contributed by atoms with E-state index in [0.29, 0.717) is 51.4 Å². The van der Waals surface area contributed by atoms with Gasteiger partial charge in [-0.2, -0.15) is 0 Å². The standard InChI is InChI=1S/C22H25N3O4S2/c1-4-18(20(26)23-14-5-6-16-17(11-14)29-12-28-16)31-22-24-15-8-10-30-19(15)21(27)25(22)9-7-13(2)3/h5-6,8,10-11,13,18H,4,7,9,12H2,1-3H3,(H,23,26). The van der Waals surface area contributed by atoms with E-state index in [1.54, 1.807) is 22.8 Å². The molecule has 31 heavy (non-hydrogen) atoms. The molecule has 1 N–H and O–H groups in total. The topological polar surface area (TPSA) is 82.5 Å². The number of fused-ring (bicyclic) bond motifs is 2. The highest BCUT2D eigenvalue weighted by Gasteiger charge is 2.23. The molecule has 2 aromatic heterocycles. The van der Waals surface area contributed by atoms with E-state index in [9.17, 15) is 9.59 Å². The number of ether oxygens (including phenoxy) is 2. The molecule has 3 heterocycles. The van der Waals surface area contributed by atoms with Crippen molar-refractivity contribution in [3.8, 4) is 11.5 Å². The van der Waals surface area contributed by atoms with Gasteiger partial charge in [-0.1, -0.05) is 32.5 Å². The Morgan fingerprint density at radius 1 is 1.29 bits per heavy atom. The maximum Gasteiger partial charge on any atom is 0.272 e. The summed E-state index contributed by atoms with van der Waals surface area (Å²) in [6.45, 7) is 6.98. The number of benzene rings is 1. The van der Waals surface area contributed by atoms with Crippen LogP contribution in [0.25, 0.3) is 10.2 Å². The van der Waals surface area contributed by atoms with E-state index < -0.39 is 5.25 Å². The summed E-state index contributed by atoms with van der Waals surface area (Å²) >= 11 is 2.75. The van der Waals surface area contributed by atoms with Gasteiger partial charge in [-0.3, -0.25) is 14.2 Å². The largest absolute Gasteiger partial charge is 0.454 e. The number of thiophene rings is 1. The van der Waals surface area contributed by atoms with E-state index in [1.165, 1.54) is 23.1 Å². The summed E-state index contributed by atoms with van der Waals surface area (Å²) in [6, 6.07) is 7.18. The molecule has 0 bridgehead atoms. The number of carbonyl (C=O) groups is 1. The Morgan fingerprint density at radius 2 is 2.10 bits per heavy atom. The number of rotatable bonds is 8. The van der Waals surface area contributed by atoms with Gasteiger partial charge in [-0.25, -0.2) is 4.98 Å². The van der Waals surface area contributed by atoms with E-state index in [2.05, 4.69) is 19.2 Å². The lowest BCUT2D eigenvalue weighted by atomic mass is 10.1. The second-order valence-corrected chi connectivity index (χ2v) is 9.83. The van der Waals surface area contributed by atoms with Gasteiger partial charge in [0.05, 0.1) is 10.8 Å². The summed E-state index contributed by atoms with van der Waals surface area (Å²) in [7, 11) is 0. The minimum Gasteiger partial charge on any atom is -0.454 e. The van der Waals surface area contributed by atoms with Crippen LogP contribution in [0.3, 0.4) is 0 Å². The maximum absolute atomic E-state index is 13.1. The molecular formula is C22H25N3O4S2. The Morgan fingerprint density at radius 3 is 2.87 bits per heavy atom. The van der Waals surface area contributed by atoms with Crippen molar-refractivity contribution in [2.24, 2.45) is 5.92 Å². The quantitative estimate of drug-likeness (QED) is 0.387. The van der Waals surface area contributed by atoms with E-state index in [1.807, 2.05) is 18.4 Å². The fourth-order valence-electron chi connectivity index (χ4n) is 3.24. The number of carbonyl (C=O) groups excluding carboxylic acids is 1. The number of nitrogens with zero attached hydrogens (tertiary/aromatic N) is 2. The predicted molar refractivity (Wildman–Crippen MR) is 124 cm³/mol. The Bertz CT molecular complexity index is 1160. The van der Waals surface area contributed by atoms with Gasteiger partial charge in [-0.05, 0) is 42.3 Å². The Kier molecular flexibility index (Phi) is 6.52. The lowest BCUT2D eigenvalue weighted by Crippen LogP contribution is -2.28. The van der Waals surface area contributed by atoms with Gasteiger partial charge in [0.2, 0.25) is 12.7 Å². The summed E-state index contributed by atoms with van der Waals surface area (Å²) in [6.07, 6.45) is 1.47. The van der Waals surface area contributed by atoms with E-state index in [0.717, 1.165) is 6.42 Å². The normalized spacial score (nSPS) is 13.7. The molecule has 1 unspecified atom stereocenters. The second kappa shape index (κ2) is 9.32. The first-order valence-electron chi connectivity index (χ1n) is 10.3. The fourth-order valence-corrected chi connectivity index (χ4v) is 5.06. The Hall–Kier alpha value is -2.52. The molecule has 3 aromatic rings. The van der Waals surface area contributed by atoms with Gasteiger partial charge in [0, 0.05) is 18.3 Å². The number of nitrogens with one attached hydrogen (secondary N) is 1. The first-order valence-corrected chi connectivity index (χ1v) is 12.1. The summed E-state index contributed by atoms with van der Waals surface area (Å²) < 4.78 is 13.1. The molecule has 0 aliphatic carbocycles. The smallest absolute Gasteiger partial charge is 0.272 e. The van der Waals surface area contributed by atoms with E-state index in [4.69, 9.17) is 14.5 Å². The van der Waals surface area contributed by atoms with Crippen LogP contribution in [0.4, 0.5) is 5.69 Å². The third-order valence-electron chi connectivity index (χ3n) is 5.01. The van der Waals surface area contributed by atoms with Crippen molar-refractivity contribution in [1.82, 2.24) is 9.55 Å². The molecular weight excluding hydrogens is 434 g/mol. The maximum atomic E-state index is 13.1. The third-order valence-corrected chi connectivity index (χ3v) is 7.26. The van der Waals surface area contributed by atoms with Crippen molar-refractivity contribution in [1.29, 1.82) is 0 Å². The lowest BCUT2D eigenvalue weighted by Gasteiger charge is -2.18. The van der Waals surface area contributed by atoms with Crippen molar-refractivity contribution in [3.05, 3.63) is 40.0 Å². The highest BCUT2D eigenvalue weighted by molar-refractivity contribution is 8.00. The molecule has 164 valence electrons. The molecule has 9 heteroatoms. The molecule has 4 rings (SSSR count). The monoisotopic (exact) mass is 459 g/mol. The Balaban J connectivity index is 1.57. The van der Waals surface area contributed by atoms with Gasteiger partial charge in [-0.15, -0.1) is 11.3 Å². The average Bonchev–Trinajstić information content (AvgIpc) is 3.40. The average molecular weight is 460 g/mol. The third kappa shape index (κ3) is 4.72. The van der Waals surface area contributed by atoms with Crippen molar-refractivity contribution in [2.45, 2.75) is 50.6 Å². The Labute approximate surface area is 188 Å². The summed E-state index contributed by atoms with van der Waals surface area (Å²) in [4.78, 5) is 30.8. The SMILES string of the molecule is CCC(Sc1nc2ccsc2c(=O)n1CCC(C)C)C(=O)Nc1ccc2c(c1)OCO2. The molecule has 7 nitrogen and oxygen atoms in total. The van der Waals surface area contributed by atoms with Gasteiger partial charge < -0.3 is 14.8 Å². The van der Waals surface area contributed by atoms with E-state index in [-0.39, 0.29) is 18.3 Å². The number of hydrogen-bond donors (Lipinski definition) is 1. The molecule has 1 atom stereocenters. The van der Waals surface area contributed by atoms with Crippen LogP contribution in [-0.2, 0) is 11.3 Å². The second-order valence-electron chi connectivity index (χ2n) is 7.74. The minimum absolute atomic E-state index is 0.0332. The van der Waals surface area contributed by atoms with Crippen molar-refractivity contribution < 1.29 is 14.3 Å². The van der Waals surface area contributed by atoms with Crippen molar-refractivity contribution >= 4 is 44.9 Å². The molecule has 0 spiro atoms. The zero-order valence-corrected chi connectivity index (χ0v) is 19.3. The van der Waals surface area contributed by atoms with Crippen LogP contribution in [0, 0.1) is 5.92 Å². The van der Waals surface area contributed by atoms with Crippen LogP contribution in [0.2, 0.25) is 0 Å². The van der Waals surface area contributed by atoms with Gasteiger partial charge >= 0.3 is 0 Å². The zero-order chi connectivity index (χ0) is 22.0. The molecule has 0 saturated carbocycles. The molecule has 0 radical (unpaired) electrons. The van der Waals surface area contributed by atoms with Crippen LogP contribution in [0.5, 0.6) is 11.5 Å². The predicted octanol–water partition coefficient (Wildman–Crippen LogP) is 4.74. The van der Waals surface area contributed by atoms with E-state index >= 15 is 0 Å². The minimum atomic E-state index is -0.390. The molecule has 0 saturated heterocycles. The van der Waals surface area contributed by atoms with Crippen LogP contribution in [0.1, 0.15) is 33.6 Å². The summed E-state index contributed by atoms with van der Waals surface area (Å²) in [5.74, 6) is 1.61. The van der Waals surface area contributed by atoms with Crippen LogP contribution >= 0.6 is 23.1 Å². The summed E-state index contributed by atoms with van der Waals surface area (Å²) in [5.41, 5.74) is 1.30. The highest BCUT2D eigenvalue weighted by atomic mass is 32.2. The molecule has 0 fully saturated rings. The lowest BCUT2D eigenvalue weighted by molar-refractivity contribution is -0.115. The number of thioether (sulfide) groups is 1. The zero-order valence-electron chi connectivity index (χ0n) is 17.7. The number of amides is 1. The molecule has 1 amide bonds. The van der Waals surface area contributed by atoms with Crippen LogP contribution in [0.15, 0.2) is 39.6 Å². The number of anilines is 1. The van der Waals surface area contributed by atoms with Gasteiger partial charge in [0.25, 0.3) is 5.56 Å². The highest BCUT2D eigenvalue weighted by Crippen LogP contribution is 2.35. The molecule has 1 aliphatic heterocycles. The fraction of sp³-hybridized carbons (Fsp3) is 0.409. The van der Waals surface area contributed by atoms with Crippen molar-refractivity contribution in [2.75, 3.05) is 12.1 Å². The number of hydrogen-bond acceptors (Lipinski definition) is 7. The number of aromatic nitrogens is 2. The molecule has 1 aromatic carbocycles. The molecule has 1 aliphatic rings. The van der Waals surface area contributed by atoms with Crippen molar-refractivity contribution in [3.63, 3.8) is 0 Å². The first-order chi connectivity index (χ1) is 15.0. The van der Waals surface area contributed by atoms with Gasteiger partial charge in [0.15, 0.2) is 16.7 Å². The van der Waals surface area contributed by atoms with Crippen LogP contribution in [-0.4, -0.2) is 27.5 Å². The van der Waals surface area contributed by atoms with Crippen LogP contribution < -0.4 is 20.3 Å². The summed E-state index contributed by atoms with van der Waals surface area (Å²) in [5, 5.41) is 5.03. The van der Waals surface area contributed by atoms with Gasteiger partial charge in [0.1, 0.15) is 4.70 Å².